The van der Waals surface area contributed by atoms with Gasteiger partial charge in [0.15, 0.2) is 0 Å². The summed E-state index contributed by atoms with van der Waals surface area (Å²) in [6, 6.07) is 0. The highest BCUT2D eigenvalue weighted by Crippen LogP contribution is 2.53. The zero-order valence-corrected chi connectivity index (χ0v) is 18.9. The minimum Gasteiger partial charge on any atom is -0.468 e. The Morgan fingerprint density at radius 1 is 1.16 bits per heavy atom. The molecule has 2 saturated heterocycles. The summed E-state index contributed by atoms with van der Waals surface area (Å²) < 4.78 is 5.20. The second kappa shape index (κ2) is 9.08. The Morgan fingerprint density at radius 2 is 1.84 bits per heavy atom. The molecule has 2 aliphatic carbocycles. The first-order valence-electron chi connectivity index (χ1n) is 11.7. The van der Waals surface area contributed by atoms with E-state index in [1.807, 2.05) is 11.0 Å². The number of hydrogen-bond acceptors (Lipinski definition) is 5. The second-order valence-electron chi connectivity index (χ2n) is 9.27. The maximum absolute atomic E-state index is 13.4. The predicted molar refractivity (Wildman–Crippen MR) is 117 cm³/mol. The van der Waals surface area contributed by atoms with Gasteiger partial charge in [-0.15, -0.1) is 6.58 Å². The van der Waals surface area contributed by atoms with E-state index in [2.05, 4.69) is 6.58 Å². The van der Waals surface area contributed by atoms with Gasteiger partial charge < -0.3 is 19.4 Å². The van der Waals surface area contributed by atoms with Crippen molar-refractivity contribution < 1.29 is 23.9 Å². The molecule has 2 aliphatic heterocycles. The molecular formula is C24H33N3O5. The Labute approximate surface area is 189 Å². The summed E-state index contributed by atoms with van der Waals surface area (Å²) >= 11 is 0. The molecule has 8 nitrogen and oxygen atoms in total. The monoisotopic (exact) mass is 443 g/mol. The average molecular weight is 444 g/mol. The maximum Gasteiger partial charge on any atom is 0.318 e. The van der Waals surface area contributed by atoms with Gasteiger partial charge >= 0.3 is 5.97 Å². The number of nitrogens with zero attached hydrogens (tertiary/aromatic N) is 3. The van der Waals surface area contributed by atoms with E-state index in [1.165, 1.54) is 7.11 Å². The third kappa shape index (κ3) is 3.84. The minimum atomic E-state index is -1.12. The van der Waals surface area contributed by atoms with Crippen molar-refractivity contribution in [1.29, 1.82) is 0 Å². The zero-order chi connectivity index (χ0) is 22.9. The van der Waals surface area contributed by atoms with Crippen LogP contribution in [0.5, 0.6) is 0 Å². The van der Waals surface area contributed by atoms with Gasteiger partial charge in [0.25, 0.3) is 0 Å². The van der Waals surface area contributed by atoms with Crippen LogP contribution >= 0.6 is 0 Å². The van der Waals surface area contributed by atoms with Crippen molar-refractivity contribution in [2.75, 3.05) is 39.8 Å². The molecule has 0 aromatic heterocycles. The van der Waals surface area contributed by atoms with Gasteiger partial charge in [0, 0.05) is 50.8 Å². The number of methoxy groups -OCH3 is 1. The summed E-state index contributed by atoms with van der Waals surface area (Å²) in [4.78, 5) is 57.3. The van der Waals surface area contributed by atoms with Gasteiger partial charge in [-0.2, -0.15) is 0 Å². The standard InChI is InChI=1S/C24H33N3O5/c1-3-11-27-19-7-5-4-6-10-24(19,23(31)32-2)18(22(27)30)16-20(28)25-12-14-26(15-13-25)21(29)17-8-9-17/h3,7,17-18H,1,4-6,8-16H2,2H3/t18-,24-/m1/s1. The van der Waals surface area contributed by atoms with Gasteiger partial charge in [0.05, 0.1) is 13.0 Å². The molecular weight excluding hydrogens is 410 g/mol. The van der Waals surface area contributed by atoms with E-state index in [1.54, 1.807) is 15.9 Å². The van der Waals surface area contributed by atoms with Crippen molar-refractivity contribution >= 4 is 23.7 Å². The molecule has 32 heavy (non-hydrogen) atoms. The number of carbonyl (C=O) groups is 4. The van der Waals surface area contributed by atoms with E-state index in [-0.39, 0.29) is 30.1 Å². The molecule has 2 atom stereocenters. The third-order valence-electron chi connectivity index (χ3n) is 7.38. The molecule has 3 amide bonds. The number of allylic oxidation sites excluding steroid dienone is 1. The Kier molecular flexibility index (Phi) is 6.40. The highest BCUT2D eigenvalue weighted by Gasteiger charge is 2.61. The van der Waals surface area contributed by atoms with E-state index in [9.17, 15) is 19.2 Å². The molecule has 0 radical (unpaired) electrons. The van der Waals surface area contributed by atoms with Crippen LogP contribution in [0.15, 0.2) is 24.4 Å². The molecule has 4 rings (SSSR count). The van der Waals surface area contributed by atoms with E-state index < -0.39 is 17.3 Å². The van der Waals surface area contributed by atoms with Crippen LogP contribution in [0, 0.1) is 17.3 Å². The van der Waals surface area contributed by atoms with Gasteiger partial charge in [-0.1, -0.05) is 18.6 Å². The van der Waals surface area contributed by atoms with Crippen LogP contribution in [0.3, 0.4) is 0 Å². The molecule has 1 saturated carbocycles. The largest absolute Gasteiger partial charge is 0.468 e. The number of amides is 3. The Morgan fingerprint density at radius 3 is 2.47 bits per heavy atom. The molecule has 0 spiro atoms. The second-order valence-corrected chi connectivity index (χ2v) is 9.27. The van der Waals surface area contributed by atoms with Crippen LogP contribution < -0.4 is 0 Å². The fourth-order valence-electron chi connectivity index (χ4n) is 5.50. The number of esters is 1. The van der Waals surface area contributed by atoms with Gasteiger partial charge in [-0.3, -0.25) is 19.2 Å². The quantitative estimate of drug-likeness (QED) is 0.461. The minimum absolute atomic E-state index is 0.0323. The summed E-state index contributed by atoms with van der Waals surface area (Å²) in [7, 11) is 1.34. The molecule has 0 bridgehead atoms. The summed E-state index contributed by atoms with van der Waals surface area (Å²) in [6.45, 7) is 6.03. The SMILES string of the molecule is C=CCN1C(=O)[C@@H](CC(=O)N2CCN(C(=O)C3CC3)CC2)[C@]2(C(=O)OC)CCCCC=C12. The number of carbonyl (C=O) groups excluding carboxylic acids is 4. The first-order chi connectivity index (χ1) is 15.4. The zero-order valence-electron chi connectivity index (χ0n) is 18.9. The molecule has 0 N–H and O–H groups in total. The molecule has 2 heterocycles. The number of likely N-dealkylation sites (tertiary alicyclic amines) is 1. The Balaban J connectivity index is 1.53. The topological polar surface area (TPSA) is 87.2 Å². The smallest absolute Gasteiger partial charge is 0.318 e. The first-order valence-corrected chi connectivity index (χ1v) is 11.7. The highest BCUT2D eigenvalue weighted by atomic mass is 16.5. The average Bonchev–Trinajstić information content (AvgIpc) is 3.65. The van der Waals surface area contributed by atoms with Crippen molar-refractivity contribution in [2.45, 2.75) is 44.9 Å². The molecule has 174 valence electrons. The number of fused-ring (bicyclic) bond motifs is 1. The van der Waals surface area contributed by atoms with Crippen molar-refractivity contribution in [3.8, 4) is 0 Å². The van der Waals surface area contributed by atoms with Crippen LogP contribution in [0.25, 0.3) is 0 Å². The number of ether oxygens (including phenoxy) is 1. The molecule has 8 heteroatoms. The van der Waals surface area contributed by atoms with Crippen molar-refractivity contribution in [3.05, 3.63) is 24.4 Å². The van der Waals surface area contributed by atoms with Gasteiger partial charge in [0.2, 0.25) is 17.7 Å². The lowest BCUT2D eigenvalue weighted by molar-refractivity contribution is -0.156. The lowest BCUT2D eigenvalue weighted by atomic mass is 9.71. The molecule has 0 aromatic rings. The lowest BCUT2D eigenvalue weighted by Gasteiger charge is -2.36. The highest BCUT2D eigenvalue weighted by molar-refractivity contribution is 5.99. The number of rotatable bonds is 6. The lowest BCUT2D eigenvalue weighted by Crippen LogP contribution is -2.52. The van der Waals surface area contributed by atoms with Gasteiger partial charge in [-0.05, 0) is 32.1 Å². The van der Waals surface area contributed by atoms with Crippen molar-refractivity contribution in [3.63, 3.8) is 0 Å². The van der Waals surface area contributed by atoms with Crippen LogP contribution in [-0.2, 0) is 23.9 Å². The van der Waals surface area contributed by atoms with E-state index in [0.29, 0.717) is 44.8 Å². The van der Waals surface area contributed by atoms with Gasteiger partial charge in [0.1, 0.15) is 5.41 Å². The van der Waals surface area contributed by atoms with E-state index in [0.717, 1.165) is 32.1 Å². The van der Waals surface area contributed by atoms with Crippen LogP contribution in [0.4, 0.5) is 0 Å². The predicted octanol–water partition coefficient (Wildman–Crippen LogP) is 1.72. The van der Waals surface area contributed by atoms with E-state index in [4.69, 9.17) is 4.74 Å². The maximum atomic E-state index is 13.4. The summed E-state index contributed by atoms with van der Waals surface area (Å²) in [5, 5.41) is 0. The third-order valence-corrected chi connectivity index (χ3v) is 7.38. The molecule has 3 fully saturated rings. The number of piperazine rings is 1. The van der Waals surface area contributed by atoms with Crippen LogP contribution in [0.1, 0.15) is 44.9 Å². The number of hydrogen-bond donors (Lipinski definition) is 0. The van der Waals surface area contributed by atoms with Crippen LogP contribution in [-0.4, -0.2) is 78.2 Å². The van der Waals surface area contributed by atoms with E-state index >= 15 is 0 Å². The Hall–Kier alpha value is -2.64. The van der Waals surface area contributed by atoms with Crippen molar-refractivity contribution in [2.24, 2.45) is 17.3 Å². The van der Waals surface area contributed by atoms with Crippen LogP contribution in [0.2, 0.25) is 0 Å². The summed E-state index contributed by atoms with van der Waals surface area (Å²) in [6.07, 6.45) is 8.51. The molecule has 4 aliphatic rings. The normalized spacial score (nSPS) is 28.0. The fourth-order valence-corrected chi connectivity index (χ4v) is 5.50. The summed E-state index contributed by atoms with van der Waals surface area (Å²) in [5.74, 6) is -1.21. The molecule has 0 aromatic carbocycles. The van der Waals surface area contributed by atoms with Gasteiger partial charge in [-0.25, -0.2) is 0 Å². The Bertz CT molecular complexity index is 841. The fraction of sp³-hybridized carbons (Fsp3) is 0.667. The molecule has 0 unspecified atom stereocenters. The first kappa shape index (κ1) is 22.6. The van der Waals surface area contributed by atoms with Crippen molar-refractivity contribution in [1.82, 2.24) is 14.7 Å². The summed E-state index contributed by atoms with van der Waals surface area (Å²) in [5.41, 5.74) is -0.450.